The maximum atomic E-state index is 12.5. The summed E-state index contributed by atoms with van der Waals surface area (Å²) in [7, 11) is 1.65. The molecule has 0 spiro atoms. The predicted molar refractivity (Wildman–Crippen MR) is 91.2 cm³/mol. The number of carbonyl (C=O) groups is 1. The van der Waals surface area contributed by atoms with Gasteiger partial charge in [-0.15, -0.1) is 0 Å². The van der Waals surface area contributed by atoms with Crippen LogP contribution >= 0.6 is 0 Å². The van der Waals surface area contributed by atoms with E-state index in [9.17, 15) is 4.79 Å². The van der Waals surface area contributed by atoms with Crippen LogP contribution in [0.1, 0.15) is 29.9 Å². The number of ether oxygens (including phenoxy) is 1. The first-order chi connectivity index (χ1) is 11.5. The molecule has 0 saturated carbocycles. The highest BCUT2D eigenvalue weighted by molar-refractivity contribution is 5.93. The number of nitrogens with one attached hydrogen (secondary N) is 1. The summed E-state index contributed by atoms with van der Waals surface area (Å²) in [5.41, 5.74) is 0.943. The summed E-state index contributed by atoms with van der Waals surface area (Å²) in [6, 6.07) is 9.60. The van der Waals surface area contributed by atoms with E-state index in [2.05, 4.69) is 15.3 Å². The summed E-state index contributed by atoms with van der Waals surface area (Å²) in [6.45, 7) is 3.96. The van der Waals surface area contributed by atoms with Crippen LogP contribution in [-0.2, 0) is 6.42 Å². The summed E-state index contributed by atoms with van der Waals surface area (Å²) >= 11 is 0. The molecule has 124 valence electrons. The minimum absolute atomic E-state index is 0.222. The minimum atomic E-state index is -0.449. The Morgan fingerprint density at radius 1 is 1.29 bits per heavy atom. The number of benzene rings is 1. The lowest BCUT2D eigenvalue weighted by Gasteiger charge is -2.26. The topological polar surface area (TPSA) is 68.5 Å². The van der Waals surface area contributed by atoms with E-state index in [1.807, 2.05) is 44.3 Å². The van der Waals surface area contributed by atoms with E-state index >= 15 is 0 Å². The lowest BCUT2D eigenvalue weighted by atomic mass is 9.94. The standard InChI is InChI=1S/C18H20N4O2/c1-18(2,11-13-7-4-5-8-15(13)24-3)21-16(23)14-12-22-10-6-9-19-17(22)20-14/h4-10,12H,11H2,1-3H3,(H,21,23). The Hall–Kier alpha value is -2.89. The summed E-state index contributed by atoms with van der Waals surface area (Å²) in [6.07, 6.45) is 5.78. The SMILES string of the molecule is COc1ccccc1CC(C)(C)NC(=O)c1cn2cccnc2n1. The number of imidazole rings is 1. The van der Waals surface area contributed by atoms with Gasteiger partial charge in [0, 0.05) is 24.1 Å². The van der Waals surface area contributed by atoms with Crippen molar-refractivity contribution < 1.29 is 9.53 Å². The number of aromatic nitrogens is 3. The van der Waals surface area contributed by atoms with Gasteiger partial charge in [0.2, 0.25) is 5.78 Å². The molecule has 3 rings (SSSR count). The molecule has 2 aromatic heterocycles. The molecule has 0 bridgehead atoms. The first-order valence-corrected chi connectivity index (χ1v) is 7.73. The van der Waals surface area contributed by atoms with Crippen molar-refractivity contribution in [1.82, 2.24) is 19.7 Å². The number of rotatable bonds is 5. The largest absolute Gasteiger partial charge is 0.496 e. The monoisotopic (exact) mass is 324 g/mol. The molecule has 6 nitrogen and oxygen atoms in total. The predicted octanol–water partition coefficient (Wildman–Crippen LogP) is 2.49. The fourth-order valence-corrected chi connectivity index (χ4v) is 2.68. The third-order valence-electron chi connectivity index (χ3n) is 3.74. The average Bonchev–Trinajstić information content (AvgIpc) is 2.99. The zero-order valence-electron chi connectivity index (χ0n) is 14.0. The molecular weight excluding hydrogens is 304 g/mol. The van der Waals surface area contributed by atoms with Crippen molar-refractivity contribution in [2.75, 3.05) is 7.11 Å². The first kappa shape index (κ1) is 16.0. The van der Waals surface area contributed by atoms with E-state index in [4.69, 9.17) is 4.74 Å². The van der Waals surface area contributed by atoms with Crippen molar-refractivity contribution in [3.8, 4) is 5.75 Å². The van der Waals surface area contributed by atoms with E-state index in [1.54, 1.807) is 30.0 Å². The van der Waals surface area contributed by atoms with E-state index in [1.165, 1.54) is 0 Å². The number of nitrogens with zero attached hydrogens (tertiary/aromatic N) is 3. The molecule has 0 radical (unpaired) electrons. The van der Waals surface area contributed by atoms with Crippen molar-refractivity contribution >= 4 is 11.7 Å². The Morgan fingerprint density at radius 3 is 2.83 bits per heavy atom. The van der Waals surface area contributed by atoms with Gasteiger partial charge in [0.15, 0.2) is 0 Å². The molecule has 0 fully saturated rings. The number of carbonyl (C=O) groups excluding carboxylic acids is 1. The summed E-state index contributed by atoms with van der Waals surface area (Å²) in [5, 5.41) is 3.04. The normalized spacial score (nSPS) is 11.5. The van der Waals surface area contributed by atoms with Crippen LogP contribution in [-0.4, -0.2) is 32.9 Å². The van der Waals surface area contributed by atoms with Crippen LogP contribution in [0.15, 0.2) is 48.9 Å². The van der Waals surface area contributed by atoms with Gasteiger partial charge in [-0.2, -0.15) is 0 Å². The van der Waals surface area contributed by atoms with Crippen LogP contribution in [0.2, 0.25) is 0 Å². The van der Waals surface area contributed by atoms with Crippen LogP contribution in [0.3, 0.4) is 0 Å². The maximum absolute atomic E-state index is 12.5. The number of methoxy groups -OCH3 is 1. The van der Waals surface area contributed by atoms with Crippen LogP contribution in [0, 0.1) is 0 Å². The molecule has 0 aliphatic rings. The fourth-order valence-electron chi connectivity index (χ4n) is 2.68. The molecule has 1 aromatic carbocycles. The zero-order chi connectivity index (χ0) is 17.2. The number of hydrogen-bond donors (Lipinski definition) is 1. The third-order valence-corrected chi connectivity index (χ3v) is 3.74. The first-order valence-electron chi connectivity index (χ1n) is 7.73. The van der Waals surface area contributed by atoms with E-state index < -0.39 is 5.54 Å². The summed E-state index contributed by atoms with van der Waals surface area (Å²) < 4.78 is 7.11. The highest BCUT2D eigenvalue weighted by Crippen LogP contribution is 2.22. The molecule has 0 aliphatic heterocycles. The third kappa shape index (κ3) is 3.37. The average molecular weight is 324 g/mol. The highest BCUT2D eigenvalue weighted by atomic mass is 16.5. The zero-order valence-corrected chi connectivity index (χ0v) is 14.0. The van der Waals surface area contributed by atoms with Crippen LogP contribution in [0.5, 0.6) is 5.75 Å². The Balaban J connectivity index is 1.76. The number of para-hydroxylation sites is 1. The summed E-state index contributed by atoms with van der Waals surface area (Å²) in [4.78, 5) is 20.9. The van der Waals surface area contributed by atoms with Crippen LogP contribution in [0.4, 0.5) is 0 Å². The second kappa shape index (κ2) is 6.31. The Labute approximate surface area is 140 Å². The van der Waals surface area contributed by atoms with Gasteiger partial charge in [-0.1, -0.05) is 18.2 Å². The minimum Gasteiger partial charge on any atom is -0.496 e. The van der Waals surface area contributed by atoms with Crippen molar-refractivity contribution in [1.29, 1.82) is 0 Å². The molecule has 0 saturated heterocycles. The van der Waals surface area contributed by atoms with Crippen molar-refractivity contribution in [2.24, 2.45) is 0 Å². The molecule has 3 aromatic rings. The molecule has 24 heavy (non-hydrogen) atoms. The molecule has 0 aliphatic carbocycles. The van der Waals surface area contributed by atoms with Crippen molar-refractivity contribution in [2.45, 2.75) is 25.8 Å². The molecular formula is C18H20N4O2. The lowest BCUT2D eigenvalue weighted by Crippen LogP contribution is -2.45. The second-order valence-electron chi connectivity index (χ2n) is 6.28. The highest BCUT2D eigenvalue weighted by Gasteiger charge is 2.24. The van der Waals surface area contributed by atoms with E-state index in [-0.39, 0.29) is 5.91 Å². The fraction of sp³-hybridized carbons (Fsp3) is 0.278. The summed E-state index contributed by atoms with van der Waals surface area (Å²) in [5.74, 6) is 1.10. The van der Waals surface area contributed by atoms with Crippen LogP contribution in [0.25, 0.3) is 5.78 Å². The molecule has 1 N–H and O–H groups in total. The number of fused-ring (bicyclic) bond motifs is 1. The lowest BCUT2D eigenvalue weighted by molar-refractivity contribution is 0.0908. The van der Waals surface area contributed by atoms with Crippen molar-refractivity contribution in [3.63, 3.8) is 0 Å². The Bertz CT molecular complexity index is 837. The Kier molecular flexibility index (Phi) is 4.20. The van der Waals surface area contributed by atoms with Gasteiger partial charge in [0.25, 0.3) is 5.91 Å². The van der Waals surface area contributed by atoms with E-state index in [0.717, 1.165) is 11.3 Å². The molecule has 2 heterocycles. The Morgan fingerprint density at radius 2 is 2.08 bits per heavy atom. The van der Waals surface area contributed by atoms with Gasteiger partial charge in [0.05, 0.1) is 7.11 Å². The molecule has 0 unspecified atom stereocenters. The van der Waals surface area contributed by atoms with Gasteiger partial charge >= 0.3 is 0 Å². The molecule has 6 heteroatoms. The van der Waals surface area contributed by atoms with Gasteiger partial charge in [-0.3, -0.25) is 9.20 Å². The quantitative estimate of drug-likeness (QED) is 0.783. The van der Waals surface area contributed by atoms with Gasteiger partial charge in [-0.25, -0.2) is 9.97 Å². The van der Waals surface area contributed by atoms with Gasteiger partial charge < -0.3 is 10.1 Å². The molecule has 1 amide bonds. The maximum Gasteiger partial charge on any atom is 0.271 e. The second-order valence-corrected chi connectivity index (χ2v) is 6.28. The van der Waals surface area contributed by atoms with Gasteiger partial charge in [0.1, 0.15) is 11.4 Å². The smallest absolute Gasteiger partial charge is 0.271 e. The number of hydrogen-bond acceptors (Lipinski definition) is 4. The number of amides is 1. The van der Waals surface area contributed by atoms with E-state index in [0.29, 0.717) is 17.9 Å². The van der Waals surface area contributed by atoms with Gasteiger partial charge in [-0.05, 0) is 38.0 Å². The van der Waals surface area contributed by atoms with Crippen molar-refractivity contribution in [3.05, 3.63) is 60.2 Å². The van der Waals surface area contributed by atoms with Crippen LogP contribution < -0.4 is 10.1 Å². The molecule has 0 atom stereocenters.